The molecule has 0 heterocycles. The quantitative estimate of drug-likeness (QED) is 0.433. The third-order valence-corrected chi connectivity index (χ3v) is 0.390. The Balaban J connectivity index is 0. The molecule has 3 nitrogen and oxygen atoms in total. The second-order valence-corrected chi connectivity index (χ2v) is 1.13. The predicted molar refractivity (Wildman–Crippen MR) is 27.0 cm³/mol. The molecule has 3 radical (unpaired) electrons. The Hall–Kier alpha value is -0.0375. The van der Waals surface area contributed by atoms with Gasteiger partial charge in [0.2, 0.25) is 0 Å². The first-order chi connectivity index (χ1) is 2.64. The van der Waals surface area contributed by atoms with Gasteiger partial charge in [-0.1, -0.05) is 0 Å². The van der Waals surface area contributed by atoms with Crippen LogP contribution in [-0.4, -0.2) is 34.5 Å². The number of nitrogens with two attached hydrogens (primary N) is 1. The molecule has 0 amide bonds. The summed E-state index contributed by atoms with van der Waals surface area (Å²) in [7, 11) is 0. The molecule has 0 unspecified atom stereocenters. The maximum absolute atomic E-state index is 9.57. The summed E-state index contributed by atoms with van der Waals surface area (Å²) >= 11 is 0. The third-order valence-electron chi connectivity index (χ3n) is 0.390. The van der Waals surface area contributed by atoms with Crippen LogP contribution in [0, 0.1) is 0 Å². The smallest absolute Gasteiger partial charge is 0.320 e. The van der Waals surface area contributed by atoms with Crippen molar-refractivity contribution in [1.82, 2.24) is 0 Å². The van der Waals surface area contributed by atoms with Gasteiger partial charge < -0.3 is 10.8 Å². The van der Waals surface area contributed by atoms with E-state index in [2.05, 4.69) is 0 Å². The molecule has 39 valence electrons. The minimum atomic E-state index is -0.963. The number of carboxylic acids is 1. The Labute approximate surface area is 52.6 Å². The van der Waals surface area contributed by atoms with E-state index in [1.165, 1.54) is 6.92 Å². The van der Waals surface area contributed by atoms with Gasteiger partial charge in [0.1, 0.15) is 6.04 Å². The van der Waals surface area contributed by atoms with Crippen LogP contribution in [0.2, 0.25) is 0 Å². The number of carbonyl (C=O) groups is 1. The zero-order chi connectivity index (χ0) is 5.15. The first kappa shape index (κ1) is 10.1. The normalized spacial score (nSPS) is 11.7. The van der Waals surface area contributed by atoms with Crippen molar-refractivity contribution in [2.45, 2.75) is 13.0 Å². The van der Waals surface area contributed by atoms with Crippen LogP contribution in [0.1, 0.15) is 6.92 Å². The molecule has 0 saturated carbocycles. The van der Waals surface area contributed by atoms with Crippen molar-refractivity contribution in [1.29, 1.82) is 0 Å². The molecular weight excluding hydrogens is 109 g/mol. The highest BCUT2D eigenvalue weighted by atomic mass is 27.0. The molecule has 0 aliphatic carbocycles. The molecule has 0 saturated heterocycles. The van der Waals surface area contributed by atoms with Crippen molar-refractivity contribution >= 4 is 23.3 Å². The van der Waals surface area contributed by atoms with E-state index in [0.717, 1.165) is 0 Å². The van der Waals surface area contributed by atoms with E-state index in [4.69, 9.17) is 10.8 Å². The number of hydrogen-bond acceptors (Lipinski definition) is 2. The van der Waals surface area contributed by atoms with E-state index in [0.29, 0.717) is 0 Å². The van der Waals surface area contributed by atoms with Crippen LogP contribution < -0.4 is 5.73 Å². The molecule has 1 atom stereocenters. The van der Waals surface area contributed by atoms with Gasteiger partial charge in [-0.3, -0.25) is 4.79 Å². The monoisotopic (exact) mass is 116 g/mol. The van der Waals surface area contributed by atoms with Gasteiger partial charge in [-0.25, -0.2) is 0 Å². The van der Waals surface area contributed by atoms with E-state index in [1.807, 2.05) is 0 Å². The molecular formula is C3H7AlNO2. The highest BCUT2D eigenvalue weighted by Gasteiger charge is 1.99. The molecule has 4 heteroatoms. The van der Waals surface area contributed by atoms with Crippen molar-refractivity contribution in [3.8, 4) is 0 Å². The lowest BCUT2D eigenvalue weighted by Crippen LogP contribution is -2.25. The summed E-state index contributed by atoms with van der Waals surface area (Å²) < 4.78 is 0. The van der Waals surface area contributed by atoms with Crippen molar-refractivity contribution in [2.75, 3.05) is 0 Å². The molecule has 0 aliphatic rings. The Kier molecular flexibility index (Phi) is 5.93. The average molecular weight is 116 g/mol. The van der Waals surface area contributed by atoms with Crippen molar-refractivity contribution < 1.29 is 9.90 Å². The average Bonchev–Trinajstić information content (AvgIpc) is 1.36. The lowest BCUT2D eigenvalue weighted by atomic mass is 10.4. The van der Waals surface area contributed by atoms with Gasteiger partial charge in [-0.2, -0.15) is 0 Å². The van der Waals surface area contributed by atoms with Crippen LogP contribution >= 0.6 is 0 Å². The van der Waals surface area contributed by atoms with Crippen LogP contribution in [0.4, 0.5) is 0 Å². The molecule has 7 heavy (non-hydrogen) atoms. The zero-order valence-electron chi connectivity index (χ0n) is 4.09. The number of hydrogen-bond donors (Lipinski definition) is 2. The van der Waals surface area contributed by atoms with Gasteiger partial charge >= 0.3 is 5.97 Å². The van der Waals surface area contributed by atoms with Gasteiger partial charge in [-0.15, -0.1) is 0 Å². The van der Waals surface area contributed by atoms with E-state index < -0.39 is 12.0 Å². The van der Waals surface area contributed by atoms with E-state index in [1.54, 1.807) is 0 Å². The summed E-state index contributed by atoms with van der Waals surface area (Å²) in [4.78, 5) is 9.57. The Morgan fingerprint density at radius 3 is 2.00 bits per heavy atom. The molecule has 0 rings (SSSR count). The maximum Gasteiger partial charge on any atom is 0.320 e. The van der Waals surface area contributed by atoms with Crippen molar-refractivity contribution in [2.24, 2.45) is 5.73 Å². The van der Waals surface area contributed by atoms with Crippen LogP contribution in [0.15, 0.2) is 0 Å². The predicted octanol–water partition coefficient (Wildman–Crippen LogP) is -0.963. The summed E-state index contributed by atoms with van der Waals surface area (Å²) in [5.41, 5.74) is 4.84. The molecule has 0 aliphatic heterocycles. The Morgan fingerprint density at radius 2 is 2.00 bits per heavy atom. The molecule has 0 aromatic rings. The fourth-order valence-electron chi connectivity index (χ4n) is 0. The molecule has 0 aromatic heterocycles. The van der Waals surface area contributed by atoms with Gasteiger partial charge in [-0.05, 0) is 6.92 Å². The highest BCUT2D eigenvalue weighted by molar-refractivity contribution is 5.75. The minimum Gasteiger partial charge on any atom is -0.480 e. The lowest BCUT2D eigenvalue weighted by molar-refractivity contribution is -0.138. The summed E-state index contributed by atoms with van der Waals surface area (Å²) in [5, 5.41) is 7.87. The van der Waals surface area contributed by atoms with Gasteiger partial charge in [0, 0.05) is 17.4 Å². The Morgan fingerprint density at radius 1 is 1.86 bits per heavy atom. The van der Waals surface area contributed by atoms with Gasteiger partial charge in [0.25, 0.3) is 0 Å². The summed E-state index contributed by atoms with van der Waals surface area (Å²) in [5.74, 6) is -0.963. The van der Waals surface area contributed by atoms with Crippen LogP contribution in [0.3, 0.4) is 0 Å². The van der Waals surface area contributed by atoms with Crippen molar-refractivity contribution in [3.05, 3.63) is 0 Å². The second-order valence-electron chi connectivity index (χ2n) is 1.13. The Bertz CT molecular complexity index is 64.0. The van der Waals surface area contributed by atoms with Gasteiger partial charge in [0.15, 0.2) is 0 Å². The topological polar surface area (TPSA) is 63.3 Å². The number of aliphatic carboxylic acids is 1. The standard InChI is InChI=1S/C3H7NO2.Al/c1-2(4)3(5)6;/h2H,4H2,1H3,(H,5,6);/t2-;/m0./s1. The van der Waals surface area contributed by atoms with E-state index in [9.17, 15) is 4.79 Å². The van der Waals surface area contributed by atoms with Crippen LogP contribution in [0.5, 0.6) is 0 Å². The second kappa shape index (κ2) is 4.13. The summed E-state index contributed by atoms with van der Waals surface area (Å²) in [6.45, 7) is 1.42. The van der Waals surface area contributed by atoms with Crippen molar-refractivity contribution in [3.63, 3.8) is 0 Å². The van der Waals surface area contributed by atoms with E-state index >= 15 is 0 Å². The molecule has 0 bridgehead atoms. The number of rotatable bonds is 1. The number of carboxylic acid groups (broad SMARTS) is 1. The van der Waals surface area contributed by atoms with E-state index in [-0.39, 0.29) is 17.4 Å². The lowest BCUT2D eigenvalue weighted by Gasteiger charge is -1.90. The third kappa shape index (κ3) is 5.96. The highest BCUT2D eigenvalue weighted by Crippen LogP contribution is 1.68. The minimum absolute atomic E-state index is 0. The maximum atomic E-state index is 9.57. The molecule has 3 N–H and O–H groups in total. The first-order valence-electron chi connectivity index (χ1n) is 1.63. The summed E-state index contributed by atoms with van der Waals surface area (Å²) in [6, 6.07) is -0.731. The first-order valence-corrected chi connectivity index (χ1v) is 1.63. The fraction of sp³-hybridized carbons (Fsp3) is 0.667. The van der Waals surface area contributed by atoms with Crippen LogP contribution in [0.25, 0.3) is 0 Å². The largest absolute Gasteiger partial charge is 0.480 e. The molecule has 0 spiro atoms. The SMILES string of the molecule is C[C@H](N)C(=O)O.[Al]. The zero-order valence-corrected chi connectivity index (χ0v) is 5.24. The molecule has 0 aromatic carbocycles. The summed E-state index contributed by atoms with van der Waals surface area (Å²) in [6.07, 6.45) is 0. The van der Waals surface area contributed by atoms with Gasteiger partial charge in [0.05, 0.1) is 0 Å². The molecule has 0 fully saturated rings. The van der Waals surface area contributed by atoms with Crippen LogP contribution in [-0.2, 0) is 4.79 Å². The fourth-order valence-corrected chi connectivity index (χ4v) is 0.